The van der Waals surface area contributed by atoms with E-state index < -0.39 is 0 Å². The number of nitrogens with one attached hydrogen (secondary N) is 1. The van der Waals surface area contributed by atoms with E-state index in [1.807, 2.05) is 24.3 Å². The van der Waals surface area contributed by atoms with E-state index in [0.717, 1.165) is 46.2 Å². The van der Waals surface area contributed by atoms with Gasteiger partial charge in [-0.1, -0.05) is 24.9 Å². The van der Waals surface area contributed by atoms with Crippen LogP contribution in [0.4, 0.5) is 5.69 Å². The van der Waals surface area contributed by atoms with Crippen molar-refractivity contribution in [1.29, 1.82) is 0 Å². The first-order chi connectivity index (χ1) is 14.0. The summed E-state index contributed by atoms with van der Waals surface area (Å²) in [6.07, 6.45) is 4.80. The van der Waals surface area contributed by atoms with Crippen molar-refractivity contribution in [2.75, 3.05) is 32.6 Å². The number of aromatic nitrogens is 1. The normalized spacial score (nSPS) is 12.6. The molecule has 0 aliphatic heterocycles. The number of pyridine rings is 1. The Morgan fingerprint density at radius 3 is 2.62 bits per heavy atom. The molecule has 0 amide bonds. The van der Waals surface area contributed by atoms with Crippen LogP contribution in [0.2, 0.25) is 5.02 Å². The Labute approximate surface area is 179 Å². The van der Waals surface area contributed by atoms with Gasteiger partial charge in [0.25, 0.3) is 0 Å². The molecule has 1 unspecified atom stereocenters. The van der Waals surface area contributed by atoms with Crippen LogP contribution in [-0.4, -0.2) is 43.2 Å². The maximum absolute atomic E-state index is 6.22. The first kappa shape index (κ1) is 21.7. The molecule has 0 spiro atoms. The average molecular weight is 414 g/mol. The maximum atomic E-state index is 6.22. The Morgan fingerprint density at radius 2 is 1.86 bits per heavy atom. The molecule has 3 rings (SSSR count). The van der Waals surface area contributed by atoms with Crippen molar-refractivity contribution in [3.8, 4) is 5.75 Å². The first-order valence-electron chi connectivity index (χ1n) is 10.5. The highest BCUT2D eigenvalue weighted by atomic mass is 35.5. The predicted octanol–water partition coefficient (Wildman–Crippen LogP) is 6.36. The molecule has 156 valence electrons. The Bertz CT molecular complexity index is 960. The summed E-state index contributed by atoms with van der Waals surface area (Å²) in [5, 5.41) is 6.62. The van der Waals surface area contributed by atoms with Gasteiger partial charge in [-0.05, 0) is 82.7 Å². The van der Waals surface area contributed by atoms with E-state index in [1.165, 1.54) is 25.8 Å². The molecule has 0 saturated carbocycles. The third-order valence-electron chi connectivity index (χ3n) is 5.40. The van der Waals surface area contributed by atoms with Crippen molar-refractivity contribution in [3.05, 3.63) is 41.4 Å². The summed E-state index contributed by atoms with van der Waals surface area (Å²) in [5.41, 5.74) is 2.95. The fourth-order valence-corrected chi connectivity index (χ4v) is 3.87. The summed E-state index contributed by atoms with van der Waals surface area (Å²) in [4.78, 5) is 7.24. The zero-order chi connectivity index (χ0) is 20.8. The molecule has 29 heavy (non-hydrogen) atoms. The Balaban J connectivity index is 1.83. The second kappa shape index (κ2) is 10.1. The topological polar surface area (TPSA) is 37.4 Å². The Hall–Kier alpha value is -2.04. The number of anilines is 1. The third-order valence-corrected chi connectivity index (χ3v) is 5.64. The average Bonchev–Trinajstić information content (AvgIpc) is 2.71. The second-order valence-electron chi connectivity index (χ2n) is 7.88. The summed E-state index contributed by atoms with van der Waals surface area (Å²) in [6, 6.07) is 12.3. The van der Waals surface area contributed by atoms with Crippen LogP contribution in [-0.2, 0) is 0 Å². The van der Waals surface area contributed by atoms with Crippen molar-refractivity contribution in [2.24, 2.45) is 0 Å². The molecule has 0 radical (unpaired) electrons. The largest absolute Gasteiger partial charge is 0.497 e. The fraction of sp³-hybridized carbons (Fsp3) is 0.458. The molecule has 1 aromatic heterocycles. The summed E-state index contributed by atoms with van der Waals surface area (Å²) in [6.45, 7) is 6.80. The zero-order valence-electron chi connectivity index (χ0n) is 18.0. The number of fused-ring (bicyclic) bond motifs is 2. The number of nitrogens with zero attached hydrogens (tertiary/aromatic N) is 2. The van der Waals surface area contributed by atoms with Gasteiger partial charge < -0.3 is 15.0 Å². The third kappa shape index (κ3) is 5.52. The molecule has 0 fully saturated rings. The number of benzene rings is 2. The van der Waals surface area contributed by atoms with Crippen LogP contribution < -0.4 is 10.1 Å². The predicted molar refractivity (Wildman–Crippen MR) is 126 cm³/mol. The molecular weight excluding hydrogens is 382 g/mol. The molecule has 4 nitrogen and oxygen atoms in total. The highest BCUT2D eigenvalue weighted by molar-refractivity contribution is 6.31. The molecule has 1 atom stereocenters. The van der Waals surface area contributed by atoms with Crippen LogP contribution in [0, 0.1) is 0 Å². The lowest BCUT2D eigenvalue weighted by Gasteiger charge is -2.21. The fourth-order valence-electron chi connectivity index (χ4n) is 3.70. The Kier molecular flexibility index (Phi) is 7.57. The highest BCUT2D eigenvalue weighted by Crippen LogP contribution is 2.34. The summed E-state index contributed by atoms with van der Waals surface area (Å²) in [5.74, 6) is 0.834. The number of hydrogen-bond acceptors (Lipinski definition) is 4. The molecule has 0 saturated heterocycles. The molecule has 1 N–H and O–H groups in total. The smallest absolute Gasteiger partial charge is 0.119 e. The van der Waals surface area contributed by atoms with E-state index >= 15 is 0 Å². The van der Waals surface area contributed by atoms with Gasteiger partial charge in [0, 0.05) is 21.8 Å². The van der Waals surface area contributed by atoms with Gasteiger partial charge >= 0.3 is 0 Å². The molecule has 0 aliphatic carbocycles. The lowest BCUT2D eigenvalue weighted by atomic mass is 10.1. The molecule has 3 aromatic rings. The molecule has 5 heteroatoms. The maximum Gasteiger partial charge on any atom is 0.119 e. The van der Waals surface area contributed by atoms with E-state index in [9.17, 15) is 0 Å². The van der Waals surface area contributed by atoms with Gasteiger partial charge in [-0.15, -0.1) is 0 Å². The SMILES string of the molecule is CCCCN(C)CCCC(C)Nc1c2ccc(Cl)cc2nc2ccc(OC)cc12. The minimum absolute atomic E-state index is 0.352. The standard InChI is InChI=1S/C24H32ClN3O/c1-5-6-13-28(3)14-7-8-17(2)26-24-20-11-9-18(25)15-23(20)27-22-12-10-19(29-4)16-21(22)24/h9-12,15-17H,5-8,13-14H2,1-4H3,(H,26,27). The van der Waals surface area contributed by atoms with Crippen molar-refractivity contribution >= 4 is 39.1 Å². The van der Waals surface area contributed by atoms with Crippen molar-refractivity contribution in [3.63, 3.8) is 0 Å². The number of ether oxygens (including phenoxy) is 1. The van der Waals surface area contributed by atoms with Crippen LogP contribution in [0.25, 0.3) is 21.8 Å². The van der Waals surface area contributed by atoms with Crippen LogP contribution in [0.3, 0.4) is 0 Å². The minimum Gasteiger partial charge on any atom is -0.497 e. The number of halogens is 1. The molecule has 0 aliphatic rings. The molecular formula is C24H32ClN3O. The zero-order valence-corrected chi connectivity index (χ0v) is 18.7. The monoisotopic (exact) mass is 413 g/mol. The lowest BCUT2D eigenvalue weighted by molar-refractivity contribution is 0.318. The first-order valence-corrected chi connectivity index (χ1v) is 10.9. The van der Waals surface area contributed by atoms with Gasteiger partial charge in [0.15, 0.2) is 0 Å². The van der Waals surface area contributed by atoms with E-state index in [0.29, 0.717) is 11.1 Å². The van der Waals surface area contributed by atoms with Crippen molar-refractivity contribution in [2.45, 2.75) is 45.6 Å². The van der Waals surface area contributed by atoms with Gasteiger partial charge in [0.1, 0.15) is 5.75 Å². The van der Waals surface area contributed by atoms with Crippen molar-refractivity contribution < 1.29 is 4.74 Å². The van der Waals surface area contributed by atoms with E-state index in [1.54, 1.807) is 7.11 Å². The number of hydrogen-bond donors (Lipinski definition) is 1. The number of methoxy groups -OCH3 is 1. The lowest BCUT2D eigenvalue weighted by Crippen LogP contribution is -2.23. The van der Waals surface area contributed by atoms with Crippen LogP contribution in [0.15, 0.2) is 36.4 Å². The summed E-state index contributed by atoms with van der Waals surface area (Å²) >= 11 is 6.22. The van der Waals surface area contributed by atoms with E-state index in [-0.39, 0.29) is 0 Å². The van der Waals surface area contributed by atoms with E-state index in [4.69, 9.17) is 21.3 Å². The van der Waals surface area contributed by atoms with Gasteiger partial charge in [-0.3, -0.25) is 0 Å². The summed E-state index contributed by atoms with van der Waals surface area (Å²) < 4.78 is 5.45. The van der Waals surface area contributed by atoms with Crippen LogP contribution >= 0.6 is 11.6 Å². The molecule has 2 aromatic carbocycles. The number of rotatable bonds is 10. The summed E-state index contributed by atoms with van der Waals surface area (Å²) in [7, 11) is 3.91. The highest BCUT2D eigenvalue weighted by Gasteiger charge is 2.13. The van der Waals surface area contributed by atoms with Crippen LogP contribution in [0.5, 0.6) is 5.75 Å². The van der Waals surface area contributed by atoms with Gasteiger partial charge in [0.2, 0.25) is 0 Å². The minimum atomic E-state index is 0.352. The van der Waals surface area contributed by atoms with E-state index in [2.05, 4.69) is 43.2 Å². The van der Waals surface area contributed by atoms with Gasteiger partial charge in [-0.25, -0.2) is 4.98 Å². The van der Waals surface area contributed by atoms with Crippen LogP contribution in [0.1, 0.15) is 39.5 Å². The van der Waals surface area contributed by atoms with Gasteiger partial charge in [0.05, 0.1) is 23.8 Å². The second-order valence-corrected chi connectivity index (χ2v) is 8.31. The Morgan fingerprint density at radius 1 is 1.07 bits per heavy atom. The number of unbranched alkanes of at least 4 members (excludes halogenated alkanes) is 1. The quantitative estimate of drug-likeness (QED) is 0.392. The molecule has 0 bridgehead atoms. The molecule has 1 heterocycles. The van der Waals surface area contributed by atoms with Crippen molar-refractivity contribution in [1.82, 2.24) is 9.88 Å². The van der Waals surface area contributed by atoms with Gasteiger partial charge in [-0.2, -0.15) is 0 Å².